The van der Waals surface area contributed by atoms with Crippen LogP contribution in [0.4, 0.5) is 0 Å². The molecule has 0 aromatic carbocycles. The molecule has 0 aliphatic rings. The molecule has 0 saturated carbocycles. The number of hydrogen-bond donors (Lipinski definition) is 0. The van der Waals surface area contributed by atoms with Crippen LogP contribution in [0.25, 0.3) is 0 Å². The van der Waals surface area contributed by atoms with Gasteiger partial charge in [-0.25, -0.2) is 9.97 Å². The van der Waals surface area contributed by atoms with E-state index >= 15 is 0 Å². The van der Waals surface area contributed by atoms with Crippen LogP contribution in [-0.4, -0.2) is 19.7 Å². The van der Waals surface area contributed by atoms with Crippen molar-refractivity contribution in [2.75, 3.05) is 0 Å². The lowest BCUT2D eigenvalue weighted by atomic mass is 10.3. The average Bonchev–Trinajstić information content (AvgIpc) is 2.53. The number of rotatable bonds is 3. The summed E-state index contributed by atoms with van der Waals surface area (Å²) in [7, 11) is 1.84. The van der Waals surface area contributed by atoms with Gasteiger partial charge in [-0.1, -0.05) is 11.6 Å². The summed E-state index contributed by atoms with van der Waals surface area (Å²) in [6, 6.07) is 1.88. The first kappa shape index (κ1) is 11.4. The molecule has 0 fully saturated rings. The summed E-state index contributed by atoms with van der Waals surface area (Å²) in [6.45, 7) is 1.96. The summed E-state index contributed by atoms with van der Waals surface area (Å²) in [6.07, 6.45) is 3.27. The Labute approximate surface area is 103 Å². The molecular weight excluding hydrogens is 244 g/mol. The molecule has 0 radical (unpaired) electrons. The van der Waals surface area contributed by atoms with Crippen LogP contribution in [0.3, 0.4) is 0 Å². The highest BCUT2D eigenvalue weighted by atomic mass is 35.5. The Hall–Kier alpha value is -1.07. The molecule has 0 aliphatic heterocycles. The number of hydrogen-bond acceptors (Lipinski definition) is 4. The number of nitrogens with zero attached hydrogens (tertiary/aromatic N) is 4. The predicted molar refractivity (Wildman–Crippen MR) is 64.5 cm³/mol. The van der Waals surface area contributed by atoms with Gasteiger partial charge in [0.1, 0.15) is 11.5 Å². The van der Waals surface area contributed by atoms with Gasteiger partial charge in [0.15, 0.2) is 0 Å². The molecule has 0 bridgehead atoms. The van der Waals surface area contributed by atoms with E-state index < -0.39 is 0 Å². The van der Waals surface area contributed by atoms with Gasteiger partial charge in [0.25, 0.3) is 0 Å². The quantitative estimate of drug-likeness (QED) is 0.623. The van der Waals surface area contributed by atoms with Crippen molar-refractivity contribution >= 4 is 23.4 Å². The minimum absolute atomic E-state index is 0.694. The summed E-state index contributed by atoms with van der Waals surface area (Å²) in [4.78, 5) is 8.01. The maximum Gasteiger partial charge on any atom is 0.131 e. The molecule has 2 heterocycles. The second-order valence-electron chi connectivity index (χ2n) is 3.31. The maximum atomic E-state index is 6.13. The van der Waals surface area contributed by atoms with Gasteiger partial charge in [0.05, 0.1) is 10.7 Å². The zero-order valence-corrected chi connectivity index (χ0v) is 10.6. The lowest BCUT2D eigenvalue weighted by molar-refractivity contribution is 0.757. The van der Waals surface area contributed by atoms with Crippen LogP contribution < -0.4 is 0 Å². The predicted octanol–water partition coefficient (Wildman–Crippen LogP) is 2.46. The highest BCUT2D eigenvalue weighted by molar-refractivity contribution is 7.98. The van der Waals surface area contributed by atoms with Gasteiger partial charge in [0.2, 0.25) is 0 Å². The number of halogens is 1. The fourth-order valence-corrected chi connectivity index (χ4v) is 2.59. The third kappa shape index (κ3) is 2.36. The van der Waals surface area contributed by atoms with Gasteiger partial charge in [0, 0.05) is 24.6 Å². The van der Waals surface area contributed by atoms with E-state index in [0.717, 1.165) is 22.0 Å². The molecule has 16 heavy (non-hydrogen) atoms. The van der Waals surface area contributed by atoms with E-state index in [4.69, 9.17) is 11.6 Å². The van der Waals surface area contributed by atoms with Crippen LogP contribution in [0.15, 0.2) is 23.6 Å². The van der Waals surface area contributed by atoms with Gasteiger partial charge >= 0.3 is 0 Å². The fourth-order valence-electron chi connectivity index (χ4n) is 1.35. The van der Waals surface area contributed by atoms with Gasteiger partial charge in [-0.3, -0.25) is 4.68 Å². The van der Waals surface area contributed by atoms with E-state index in [1.807, 2.05) is 20.0 Å². The Morgan fingerprint density at radius 1 is 1.50 bits per heavy atom. The summed E-state index contributed by atoms with van der Waals surface area (Å²) in [5.74, 6) is 0.773. The normalized spacial score (nSPS) is 10.7. The highest BCUT2D eigenvalue weighted by Crippen LogP contribution is 2.26. The summed E-state index contributed by atoms with van der Waals surface area (Å²) in [5, 5.41) is 5.89. The van der Waals surface area contributed by atoms with Crippen molar-refractivity contribution < 1.29 is 0 Å². The van der Waals surface area contributed by atoms with Crippen LogP contribution >= 0.6 is 23.4 Å². The van der Waals surface area contributed by atoms with Crippen LogP contribution in [0.5, 0.6) is 0 Å². The molecule has 2 aromatic rings. The first-order valence-electron chi connectivity index (χ1n) is 4.75. The summed E-state index contributed by atoms with van der Waals surface area (Å²) >= 11 is 7.76. The first-order valence-corrected chi connectivity index (χ1v) is 6.11. The smallest absolute Gasteiger partial charge is 0.131 e. The summed E-state index contributed by atoms with van der Waals surface area (Å²) in [5.41, 5.74) is 2.03. The molecule has 4 nitrogen and oxygen atoms in total. The number of thioether (sulfide) groups is 1. The molecular formula is C10H11ClN4S. The van der Waals surface area contributed by atoms with Crippen molar-refractivity contribution in [2.45, 2.75) is 17.7 Å². The Kier molecular flexibility index (Phi) is 3.46. The zero-order valence-electron chi connectivity index (χ0n) is 9.01. The van der Waals surface area contributed by atoms with Crippen LogP contribution in [0.1, 0.15) is 11.3 Å². The van der Waals surface area contributed by atoms with Crippen molar-refractivity contribution in [3.8, 4) is 0 Å². The van der Waals surface area contributed by atoms with E-state index in [1.165, 1.54) is 0 Å². The largest absolute Gasteiger partial charge is 0.257 e. The average molecular weight is 255 g/mol. The van der Waals surface area contributed by atoms with Crippen molar-refractivity contribution in [1.82, 2.24) is 19.7 Å². The molecule has 0 N–H and O–H groups in total. The number of aryl methyl sites for hydroxylation is 2. The number of aromatic nitrogens is 4. The van der Waals surface area contributed by atoms with Crippen molar-refractivity contribution in [2.24, 2.45) is 7.05 Å². The molecule has 0 saturated heterocycles. The second kappa shape index (κ2) is 4.84. The molecule has 0 unspecified atom stereocenters. The van der Waals surface area contributed by atoms with E-state index in [9.17, 15) is 0 Å². The lowest BCUT2D eigenvalue weighted by Gasteiger charge is -2.00. The van der Waals surface area contributed by atoms with Gasteiger partial charge in [-0.05, 0) is 13.0 Å². The topological polar surface area (TPSA) is 43.6 Å². The van der Waals surface area contributed by atoms with Gasteiger partial charge < -0.3 is 0 Å². The molecule has 84 valence electrons. The molecule has 0 atom stereocenters. The summed E-state index contributed by atoms with van der Waals surface area (Å²) < 4.78 is 1.69. The van der Waals surface area contributed by atoms with E-state index in [1.54, 1.807) is 29.0 Å². The standard InChI is InChI=1S/C10H11ClN4S/c1-7-8(10(11)15(2)14-7)5-16-9-3-4-12-6-13-9/h3-4,6H,5H2,1-2H3. The fraction of sp³-hybridized carbons (Fsp3) is 0.300. The van der Waals surface area contributed by atoms with Gasteiger partial charge in [-0.15, -0.1) is 11.8 Å². The van der Waals surface area contributed by atoms with Crippen LogP contribution in [0.2, 0.25) is 5.15 Å². The SMILES string of the molecule is Cc1nn(C)c(Cl)c1CSc1ccncn1. The Balaban J connectivity index is 2.11. The van der Waals surface area contributed by atoms with Crippen molar-refractivity contribution in [3.63, 3.8) is 0 Å². The van der Waals surface area contributed by atoms with E-state index in [0.29, 0.717) is 5.15 Å². The minimum atomic E-state index is 0.694. The first-order chi connectivity index (χ1) is 7.68. The lowest BCUT2D eigenvalue weighted by Crippen LogP contribution is -1.89. The molecule has 2 aromatic heterocycles. The molecule has 0 amide bonds. The molecule has 2 rings (SSSR count). The second-order valence-corrected chi connectivity index (χ2v) is 4.67. The highest BCUT2D eigenvalue weighted by Gasteiger charge is 2.11. The minimum Gasteiger partial charge on any atom is -0.257 e. The monoisotopic (exact) mass is 254 g/mol. The van der Waals surface area contributed by atoms with Crippen LogP contribution in [0, 0.1) is 6.92 Å². The third-order valence-corrected chi connectivity index (χ3v) is 3.63. The van der Waals surface area contributed by atoms with Crippen molar-refractivity contribution in [1.29, 1.82) is 0 Å². The van der Waals surface area contributed by atoms with Crippen molar-refractivity contribution in [3.05, 3.63) is 35.0 Å². The van der Waals surface area contributed by atoms with Crippen LogP contribution in [-0.2, 0) is 12.8 Å². The van der Waals surface area contributed by atoms with E-state index in [-0.39, 0.29) is 0 Å². The molecule has 0 spiro atoms. The third-order valence-electron chi connectivity index (χ3n) is 2.19. The molecule has 0 aliphatic carbocycles. The van der Waals surface area contributed by atoms with Gasteiger partial charge in [-0.2, -0.15) is 5.10 Å². The zero-order chi connectivity index (χ0) is 11.5. The Bertz CT molecular complexity index is 483. The Morgan fingerprint density at radius 3 is 2.88 bits per heavy atom. The maximum absolute atomic E-state index is 6.13. The van der Waals surface area contributed by atoms with E-state index in [2.05, 4.69) is 15.1 Å². The molecule has 6 heteroatoms. The Morgan fingerprint density at radius 2 is 2.31 bits per heavy atom.